The zero-order chi connectivity index (χ0) is 16.1. The van der Waals surface area contributed by atoms with Gasteiger partial charge in [-0.1, -0.05) is 19.8 Å². The molecule has 2 aliphatic heterocycles. The van der Waals surface area contributed by atoms with Gasteiger partial charge in [-0.15, -0.1) is 0 Å². The molecular weight excluding hydrogens is 288 g/mol. The third kappa shape index (κ3) is 4.47. The fourth-order valence-electron chi connectivity index (χ4n) is 4.83. The molecule has 1 aliphatic carbocycles. The van der Waals surface area contributed by atoms with Crippen LogP contribution in [0.25, 0.3) is 0 Å². The van der Waals surface area contributed by atoms with Crippen molar-refractivity contribution in [3.05, 3.63) is 0 Å². The average molecular weight is 325 g/mol. The molecule has 3 rings (SSSR count). The van der Waals surface area contributed by atoms with Crippen LogP contribution in [0.2, 0.25) is 0 Å². The first-order chi connectivity index (χ1) is 11.2. The average Bonchev–Trinajstić information content (AvgIpc) is 3.19. The molecule has 2 saturated heterocycles. The first kappa shape index (κ1) is 17.7. The molecule has 0 aromatic rings. The third-order valence-corrected chi connectivity index (χ3v) is 6.20. The third-order valence-electron chi connectivity index (χ3n) is 6.20. The van der Waals surface area contributed by atoms with Gasteiger partial charge in [-0.2, -0.15) is 0 Å². The second-order valence-electron chi connectivity index (χ2n) is 7.72. The number of nitrogens with zero attached hydrogens (tertiary/aromatic N) is 2. The van der Waals surface area contributed by atoms with E-state index >= 15 is 0 Å². The molecule has 0 amide bonds. The summed E-state index contributed by atoms with van der Waals surface area (Å²) in [5.41, 5.74) is 0.286. The van der Waals surface area contributed by atoms with Gasteiger partial charge >= 0.3 is 0 Å². The van der Waals surface area contributed by atoms with Gasteiger partial charge in [0.15, 0.2) is 0 Å². The quantitative estimate of drug-likeness (QED) is 0.672. The van der Waals surface area contributed by atoms with Crippen molar-refractivity contribution in [3.63, 3.8) is 0 Å². The summed E-state index contributed by atoms with van der Waals surface area (Å²) in [7, 11) is 0. The Morgan fingerprint density at radius 1 is 1.13 bits per heavy atom. The van der Waals surface area contributed by atoms with Crippen LogP contribution in [0.15, 0.2) is 0 Å². The lowest BCUT2D eigenvalue weighted by Crippen LogP contribution is -2.55. The van der Waals surface area contributed by atoms with E-state index in [1.807, 2.05) is 0 Å². The Morgan fingerprint density at radius 2 is 1.96 bits per heavy atom. The lowest BCUT2D eigenvalue weighted by atomic mass is 9.98. The molecule has 1 saturated carbocycles. The van der Waals surface area contributed by atoms with Crippen LogP contribution in [-0.2, 0) is 9.47 Å². The van der Waals surface area contributed by atoms with E-state index in [1.54, 1.807) is 0 Å². The minimum Gasteiger partial charge on any atom is -0.380 e. The number of rotatable bonds is 7. The summed E-state index contributed by atoms with van der Waals surface area (Å²) >= 11 is 0. The standard InChI is InChI=1S/C19H36N2O2/c1-3-17-15-20(11-12-21(17)13-14-22-4-2)16-18-7-10-19(23-18)8-5-6-9-19/h17-18H,3-16H2,1-2H3/t17-,18+/m1/s1. The lowest BCUT2D eigenvalue weighted by molar-refractivity contribution is -0.0557. The SMILES string of the molecule is CCOCCN1CCN(C[C@@H]2CCC3(CCCC3)O2)C[C@H]1CC. The molecule has 0 N–H and O–H groups in total. The molecule has 0 aromatic heterocycles. The summed E-state index contributed by atoms with van der Waals surface area (Å²) in [6.45, 7) is 11.9. The second-order valence-corrected chi connectivity index (χ2v) is 7.72. The van der Waals surface area contributed by atoms with E-state index in [9.17, 15) is 0 Å². The highest BCUT2D eigenvalue weighted by molar-refractivity contribution is 4.94. The van der Waals surface area contributed by atoms with Gasteiger partial charge in [-0.05, 0) is 39.0 Å². The minimum atomic E-state index is 0.286. The molecular formula is C19H36N2O2. The number of piperazine rings is 1. The fourth-order valence-corrected chi connectivity index (χ4v) is 4.83. The van der Waals surface area contributed by atoms with Crippen LogP contribution in [-0.4, -0.2) is 73.5 Å². The lowest BCUT2D eigenvalue weighted by Gasteiger charge is -2.42. The van der Waals surface area contributed by atoms with Gasteiger partial charge in [0.1, 0.15) is 0 Å². The van der Waals surface area contributed by atoms with Crippen molar-refractivity contribution < 1.29 is 9.47 Å². The van der Waals surface area contributed by atoms with Crippen LogP contribution < -0.4 is 0 Å². The van der Waals surface area contributed by atoms with Crippen molar-refractivity contribution in [2.24, 2.45) is 0 Å². The molecule has 2 atom stereocenters. The van der Waals surface area contributed by atoms with Crippen LogP contribution >= 0.6 is 0 Å². The summed E-state index contributed by atoms with van der Waals surface area (Å²) < 4.78 is 12.1. The number of ether oxygens (including phenoxy) is 2. The summed E-state index contributed by atoms with van der Waals surface area (Å²) in [5.74, 6) is 0. The maximum Gasteiger partial charge on any atom is 0.0710 e. The minimum absolute atomic E-state index is 0.286. The van der Waals surface area contributed by atoms with Gasteiger partial charge in [-0.25, -0.2) is 0 Å². The summed E-state index contributed by atoms with van der Waals surface area (Å²) in [6.07, 6.45) is 9.69. The second kappa shape index (κ2) is 8.28. The molecule has 0 unspecified atom stereocenters. The maximum atomic E-state index is 6.51. The normalized spacial score (nSPS) is 32.1. The van der Waals surface area contributed by atoms with Crippen molar-refractivity contribution in [2.75, 3.05) is 45.9 Å². The molecule has 0 aromatic carbocycles. The smallest absolute Gasteiger partial charge is 0.0710 e. The molecule has 2 heterocycles. The van der Waals surface area contributed by atoms with Gasteiger partial charge in [0.05, 0.1) is 18.3 Å². The molecule has 3 fully saturated rings. The van der Waals surface area contributed by atoms with Crippen LogP contribution in [0.5, 0.6) is 0 Å². The van der Waals surface area contributed by atoms with Crippen LogP contribution in [0.4, 0.5) is 0 Å². The molecule has 1 spiro atoms. The van der Waals surface area contributed by atoms with E-state index in [4.69, 9.17) is 9.47 Å². The molecule has 3 aliphatic rings. The van der Waals surface area contributed by atoms with Gasteiger partial charge < -0.3 is 9.47 Å². The van der Waals surface area contributed by atoms with E-state index in [2.05, 4.69) is 23.6 Å². The Labute approximate surface area is 142 Å². The van der Waals surface area contributed by atoms with Crippen LogP contribution in [0, 0.1) is 0 Å². The van der Waals surface area contributed by atoms with Gasteiger partial charge in [0.25, 0.3) is 0 Å². The maximum absolute atomic E-state index is 6.51. The summed E-state index contributed by atoms with van der Waals surface area (Å²) in [6, 6.07) is 0.686. The Hall–Kier alpha value is -0.160. The Bertz CT molecular complexity index is 357. The van der Waals surface area contributed by atoms with Crippen LogP contribution in [0.3, 0.4) is 0 Å². The van der Waals surface area contributed by atoms with Crippen molar-refractivity contribution in [3.8, 4) is 0 Å². The van der Waals surface area contributed by atoms with Crippen molar-refractivity contribution in [1.29, 1.82) is 0 Å². The number of hydrogen-bond donors (Lipinski definition) is 0. The zero-order valence-electron chi connectivity index (χ0n) is 15.3. The highest BCUT2D eigenvalue weighted by Crippen LogP contribution is 2.43. The van der Waals surface area contributed by atoms with Crippen LogP contribution in [0.1, 0.15) is 58.8 Å². The first-order valence-electron chi connectivity index (χ1n) is 9.96. The van der Waals surface area contributed by atoms with E-state index < -0.39 is 0 Å². The molecule has 134 valence electrons. The largest absolute Gasteiger partial charge is 0.380 e. The van der Waals surface area contributed by atoms with Crippen molar-refractivity contribution in [2.45, 2.75) is 76.5 Å². The summed E-state index contributed by atoms with van der Waals surface area (Å²) in [4.78, 5) is 5.28. The van der Waals surface area contributed by atoms with Crippen molar-refractivity contribution in [1.82, 2.24) is 9.80 Å². The van der Waals surface area contributed by atoms with Crippen molar-refractivity contribution >= 4 is 0 Å². The Balaban J connectivity index is 1.43. The molecule has 0 radical (unpaired) electrons. The predicted molar refractivity (Wildman–Crippen MR) is 93.9 cm³/mol. The van der Waals surface area contributed by atoms with E-state index in [0.717, 1.165) is 26.3 Å². The fraction of sp³-hybridized carbons (Fsp3) is 1.00. The monoisotopic (exact) mass is 324 g/mol. The van der Waals surface area contributed by atoms with E-state index in [-0.39, 0.29) is 5.60 Å². The predicted octanol–water partition coefficient (Wildman–Crippen LogP) is 2.91. The zero-order valence-corrected chi connectivity index (χ0v) is 15.3. The molecule has 0 bridgehead atoms. The molecule has 23 heavy (non-hydrogen) atoms. The Kier molecular flexibility index (Phi) is 6.36. The van der Waals surface area contributed by atoms with Gasteiger partial charge in [-0.3, -0.25) is 9.80 Å². The first-order valence-corrected chi connectivity index (χ1v) is 9.96. The van der Waals surface area contributed by atoms with E-state index in [0.29, 0.717) is 12.1 Å². The molecule has 4 nitrogen and oxygen atoms in total. The summed E-state index contributed by atoms with van der Waals surface area (Å²) in [5, 5.41) is 0. The topological polar surface area (TPSA) is 24.9 Å². The van der Waals surface area contributed by atoms with E-state index in [1.165, 1.54) is 64.6 Å². The Morgan fingerprint density at radius 3 is 2.70 bits per heavy atom. The van der Waals surface area contributed by atoms with Gasteiger partial charge in [0.2, 0.25) is 0 Å². The highest BCUT2D eigenvalue weighted by atomic mass is 16.5. The van der Waals surface area contributed by atoms with Gasteiger partial charge in [0, 0.05) is 45.4 Å². The molecule has 4 heteroatoms. The highest BCUT2D eigenvalue weighted by Gasteiger charge is 2.42. The number of hydrogen-bond acceptors (Lipinski definition) is 4.